The van der Waals surface area contributed by atoms with Crippen LogP contribution in [0.1, 0.15) is 13.3 Å². The molecule has 0 saturated heterocycles. The lowest BCUT2D eigenvalue weighted by Crippen LogP contribution is -2.09. The van der Waals surface area contributed by atoms with E-state index in [1.54, 1.807) is 6.92 Å². The van der Waals surface area contributed by atoms with Gasteiger partial charge in [-0.2, -0.15) is 0 Å². The van der Waals surface area contributed by atoms with E-state index in [0.717, 1.165) is 0 Å². The lowest BCUT2D eigenvalue weighted by Gasteiger charge is -2.00. The van der Waals surface area contributed by atoms with Gasteiger partial charge < -0.3 is 5.11 Å². The second kappa shape index (κ2) is 4.64. The van der Waals surface area contributed by atoms with E-state index < -0.39 is 11.9 Å². The second-order valence-electron chi connectivity index (χ2n) is 1.98. The minimum atomic E-state index is -0.854. The van der Waals surface area contributed by atoms with Crippen molar-refractivity contribution in [1.82, 2.24) is 0 Å². The zero-order valence-electron chi connectivity index (χ0n) is 5.69. The summed E-state index contributed by atoms with van der Waals surface area (Å²) in [5.41, 5.74) is 7.83. The van der Waals surface area contributed by atoms with Gasteiger partial charge in [0, 0.05) is 11.5 Å². The molecular formula is C5H9N3O2. The van der Waals surface area contributed by atoms with Gasteiger partial charge in [-0.05, 0) is 12.0 Å². The number of carboxylic acid groups (broad SMARTS) is 1. The van der Waals surface area contributed by atoms with Crippen LogP contribution in [0.15, 0.2) is 5.11 Å². The van der Waals surface area contributed by atoms with Crippen molar-refractivity contribution in [3.05, 3.63) is 10.4 Å². The van der Waals surface area contributed by atoms with Crippen LogP contribution in [0.4, 0.5) is 0 Å². The van der Waals surface area contributed by atoms with Gasteiger partial charge in [-0.15, -0.1) is 0 Å². The third-order valence-corrected chi connectivity index (χ3v) is 1.15. The molecule has 0 radical (unpaired) electrons. The summed E-state index contributed by atoms with van der Waals surface area (Å²) in [6, 6.07) is 0. The predicted octanol–water partition coefficient (Wildman–Crippen LogP) is 1.41. The molecule has 0 spiro atoms. The summed E-state index contributed by atoms with van der Waals surface area (Å²) in [6.45, 7) is 1.83. The fourth-order valence-corrected chi connectivity index (χ4v) is 0.420. The van der Waals surface area contributed by atoms with Crippen LogP contribution < -0.4 is 0 Å². The van der Waals surface area contributed by atoms with Crippen LogP contribution in [0.3, 0.4) is 0 Å². The fourth-order valence-electron chi connectivity index (χ4n) is 0.420. The average molecular weight is 143 g/mol. The lowest BCUT2D eigenvalue weighted by atomic mass is 10.1. The number of rotatable bonds is 4. The Hall–Kier alpha value is -1.22. The molecule has 1 atom stereocenters. The van der Waals surface area contributed by atoms with E-state index in [9.17, 15) is 4.79 Å². The third-order valence-electron chi connectivity index (χ3n) is 1.15. The molecule has 0 fully saturated rings. The molecule has 0 aromatic heterocycles. The second-order valence-corrected chi connectivity index (χ2v) is 1.98. The van der Waals surface area contributed by atoms with E-state index in [0.29, 0.717) is 6.42 Å². The number of carboxylic acids is 1. The number of hydrogen-bond donors (Lipinski definition) is 1. The van der Waals surface area contributed by atoms with Crippen molar-refractivity contribution in [2.24, 2.45) is 11.0 Å². The number of carbonyl (C=O) groups is 1. The Morgan fingerprint density at radius 1 is 1.90 bits per heavy atom. The molecule has 0 saturated carbocycles. The number of aliphatic carboxylic acids is 1. The van der Waals surface area contributed by atoms with Crippen molar-refractivity contribution in [1.29, 1.82) is 0 Å². The van der Waals surface area contributed by atoms with Gasteiger partial charge in [-0.1, -0.05) is 12.0 Å². The van der Waals surface area contributed by atoms with Crippen LogP contribution in [-0.2, 0) is 4.79 Å². The Morgan fingerprint density at radius 3 is 2.90 bits per heavy atom. The van der Waals surface area contributed by atoms with Crippen molar-refractivity contribution in [2.75, 3.05) is 6.54 Å². The summed E-state index contributed by atoms with van der Waals surface area (Å²) in [5.74, 6) is -1.28. The SMILES string of the molecule is C[C@H](CCN=[N+]=[N-])C(=O)O. The summed E-state index contributed by atoms with van der Waals surface area (Å²) in [5, 5.41) is 11.6. The predicted molar refractivity (Wildman–Crippen MR) is 35.4 cm³/mol. The molecule has 0 bridgehead atoms. The molecule has 5 nitrogen and oxygen atoms in total. The maximum Gasteiger partial charge on any atom is 0.306 e. The van der Waals surface area contributed by atoms with Gasteiger partial charge in [0.05, 0.1) is 5.92 Å². The highest BCUT2D eigenvalue weighted by Gasteiger charge is 2.08. The molecule has 10 heavy (non-hydrogen) atoms. The van der Waals surface area contributed by atoms with Crippen LogP contribution in [0.25, 0.3) is 10.4 Å². The summed E-state index contributed by atoms with van der Waals surface area (Å²) in [6.07, 6.45) is 0.402. The Balaban J connectivity index is 3.48. The number of nitrogens with zero attached hydrogens (tertiary/aromatic N) is 3. The van der Waals surface area contributed by atoms with Gasteiger partial charge in [0.25, 0.3) is 0 Å². The van der Waals surface area contributed by atoms with E-state index in [-0.39, 0.29) is 6.54 Å². The van der Waals surface area contributed by atoms with E-state index in [1.165, 1.54) is 0 Å². The zero-order chi connectivity index (χ0) is 7.98. The first-order chi connectivity index (χ1) is 4.68. The van der Waals surface area contributed by atoms with Gasteiger partial charge in [-0.25, -0.2) is 0 Å². The fraction of sp³-hybridized carbons (Fsp3) is 0.800. The monoisotopic (exact) mass is 143 g/mol. The Labute approximate surface area is 58.3 Å². The molecule has 0 heterocycles. The van der Waals surface area contributed by atoms with E-state index in [2.05, 4.69) is 10.0 Å². The van der Waals surface area contributed by atoms with Crippen molar-refractivity contribution < 1.29 is 9.90 Å². The van der Waals surface area contributed by atoms with Crippen molar-refractivity contribution in [2.45, 2.75) is 13.3 Å². The molecule has 5 heteroatoms. The van der Waals surface area contributed by atoms with Crippen LogP contribution in [0, 0.1) is 5.92 Å². The number of hydrogen-bond acceptors (Lipinski definition) is 2. The quantitative estimate of drug-likeness (QED) is 0.366. The highest BCUT2D eigenvalue weighted by atomic mass is 16.4. The first-order valence-electron chi connectivity index (χ1n) is 2.92. The zero-order valence-corrected chi connectivity index (χ0v) is 5.69. The first kappa shape index (κ1) is 8.78. The molecule has 1 N–H and O–H groups in total. The molecule has 0 rings (SSSR count). The van der Waals surface area contributed by atoms with Crippen LogP contribution in [0.5, 0.6) is 0 Å². The molecule has 56 valence electrons. The smallest absolute Gasteiger partial charge is 0.306 e. The van der Waals surface area contributed by atoms with Gasteiger partial charge in [0.2, 0.25) is 0 Å². The Kier molecular flexibility index (Phi) is 4.07. The first-order valence-corrected chi connectivity index (χ1v) is 2.92. The largest absolute Gasteiger partial charge is 0.481 e. The van der Waals surface area contributed by atoms with Gasteiger partial charge >= 0.3 is 5.97 Å². The van der Waals surface area contributed by atoms with Gasteiger partial charge in [0.15, 0.2) is 0 Å². The van der Waals surface area contributed by atoms with Crippen LogP contribution in [-0.4, -0.2) is 17.6 Å². The highest BCUT2D eigenvalue weighted by Crippen LogP contribution is 2.00. The van der Waals surface area contributed by atoms with Crippen LogP contribution in [0.2, 0.25) is 0 Å². The minimum Gasteiger partial charge on any atom is -0.481 e. The molecule has 0 aliphatic carbocycles. The minimum absolute atomic E-state index is 0.254. The van der Waals surface area contributed by atoms with E-state index in [1.807, 2.05) is 0 Å². The van der Waals surface area contributed by atoms with Crippen molar-refractivity contribution >= 4 is 5.97 Å². The standard InChI is InChI=1S/C5H9N3O2/c1-4(5(9)10)2-3-7-8-6/h4H,2-3H2,1H3,(H,9,10)/t4-/m1/s1. The molecule has 0 aliphatic rings. The molecule has 0 aliphatic heterocycles. The Bertz CT molecular complexity index is 162. The van der Waals surface area contributed by atoms with Gasteiger partial charge in [-0.3, -0.25) is 4.79 Å². The molecule has 0 amide bonds. The topological polar surface area (TPSA) is 86.1 Å². The third kappa shape index (κ3) is 3.74. The van der Waals surface area contributed by atoms with E-state index >= 15 is 0 Å². The maximum atomic E-state index is 10.2. The number of azide groups is 1. The molecule has 0 unspecified atom stereocenters. The van der Waals surface area contributed by atoms with Crippen LogP contribution >= 0.6 is 0 Å². The highest BCUT2D eigenvalue weighted by molar-refractivity contribution is 5.69. The summed E-state index contributed by atoms with van der Waals surface area (Å²) < 4.78 is 0. The summed E-state index contributed by atoms with van der Waals surface area (Å²) in [4.78, 5) is 12.7. The van der Waals surface area contributed by atoms with Gasteiger partial charge in [0.1, 0.15) is 0 Å². The van der Waals surface area contributed by atoms with Crippen molar-refractivity contribution in [3.63, 3.8) is 0 Å². The maximum absolute atomic E-state index is 10.2. The summed E-state index contributed by atoms with van der Waals surface area (Å²) in [7, 11) is 0. The average Bonchev–Trinajstić information content (AvgIpc) is 1.88. The Morgan fingerprint density at radius 2 is 2.50 bits per heavy atom. The van der Waals surface area contributed by atoms with Crippen molar-refractivity contribution in [3.8, 4) is 0 Å². The molecule has 0 aromatic carbocycles. The normalized spacial score (nSPS) is 11.7. The summed E-state index contributed by atoms with van der Waals surface area (Å²) >= 11 is 0. The lowest BCUT2D eigenvalue weighted by molar-refractivity contribution is -0.141. The molecular weight excluding hydrogens is 134 g/mol. The van der Waals surface area contributed by atoms with E-state index in [4.69, 9.17) is 10.6 Å². The molecule has 0 aromatic rings.